The number of rotatable bonds is 4. The van der Waals surface area contributed by atoms with Crippen LogP contribution in [0.4, 0.5) is 0 Å². The van der Waals surface area contributed by atoms with E-state index < -0.39 is 10.0 Å². The van der Waals surface area contributed by atoms with Crippen molar-refractivity contribution >= 4 is 10.0 Å². The van der Waals surface area contributed by atoms with Gasteiger partial charge in [0.1, 0.15) is 18.1 Å². The second kappa shape index (κ2) is 6.69. The lowest BCUT2D eigenvalue weighted by atomic mass is 10.0. The van der Waals surface area contributed by atoms with E-state index in [0.29, 0.717) is 17.9 Å². The number of hydrogen-bond donors (Lipinski definition) is 1. The Labute approximate surface area is 149 Å². The van der Waals surface area contributed by atoms with Crippen LogP contribution in [0.15, 0.2) is 35.2 Å². The van der Waals surface area contributed by atoms with E-state index in [9.17, 15) is 8.42 Å². The van der Waals surface area contributed by atoms with Crippen molar-refractivity contribution in [3.8, 4) is 11.5 Å². The number of aryl methyl sites for hydroxylation is 3. The minimum absolute atomic E-state index is 0.308. The lowest BCUT2D eigenvalue weighted by Crippen LogP contribution is -2.42. The van der Waals surface area contributed by atoms with Crippen molar-refractivity contribution in [2.24, 2.45) is 0 Å². The van der Waals surface area contributed by atoms with E-state index in [1.807, 2.05) is 45.0 Å². The molecule has 25 heavy (non-hydrogen) atoms. The molecular formula is C19H23NO4S. The summed E-state index contributed by atoms with van der Waals surface area (Å²) in [6.45, 7) is 6.02. The van der Waals surface area contributed by atoms with Gasteiger partial charge < -0.3 is 9.47 Å². The molecule has 3 rings (SSSR count). The Morgan fingerprint density at radius 3 is 2.52 bits per heavy atom. The molecule has 6 heteroatoms. The molecule has 1 atom stereocenters. The molecule has 2 aromatic carbocycles. The molecule has 0 radical (unpaired) electrons. The van der Waals surface area contributed by atoms with E-state index in [0.717, 1.165) is 33.8 Å². The largest absolute Gasteiger partial charge is 0.497 e. The number of fused-ring (bicyclic) bond motifs is 1. The Morgan fingerprint density at radius 2 is 1.80 bits per heavy atom. The number of hydrogen-bond acceptors (Lipinski definition) is 4. The van der Waals surface area contributed by atoms with Gasteiger partial charge in [0.25, 0.3) is 0 Å². The Balaban J connectivity index is 1.83. The number of methoxy groups -OCH3 is 1. The van der Waals surface area contributed by atoms with Crippen LogP contribution in [0, 0.1) is 20.8 Å². The van der Waals surface area contributed by atoms with Crippen LogP contribution in [-0.2, 0) is 16.4 Å². The quantitative estimate of drug-likeness (QED) is 0.909. The van der Waals surface area contributed by atoms with Crippen LogP contribution in [0.2, 0.25) is 0 Å². The van der Waals surface area contributed by atoms with Gasteiger partial charge in [0, 0.05) is 0 Å². The van der Waals surface area contributed by atoms with Crippen LogP contribution < -0.4 is 14.2 Å². The fraction of sp³-hybridized carbons (Fsp3) is 0.368. The lowest BCUT2D eigenvalue weighted by molar-refractivity contribution is 0.253. The molecule has 1 unspecified atom stereocenters. The molecule has 0 amide bonds. The molecule has 1 N–H and O–H groups in total. The van der Waals surface area contributed by atoms with Crippen LogP contribution in [0.25, 0.3) is 0 Å². The molecule has 0 spiro atoms. The normalized spacial score (nSPS) is 16.9. The summed E-state index contributed by atoms with van der Waals surface area (Å²) in [5.74, 6) is 1.51. The second-order valence-corrected chi connectivity index (χ2v) is 8.19. The van der Waals surface area contributed by atoms with E-state index in [-0.39, 0.29) is 6.04 Å². The first-order valence-corrected chi connectivity index (χ1v) is 9.68. The SMILES string of the molecule is COc1ccc2c(c1)CC(NS(=O)(=O)c1cc(C)c(C)cc1C)CO2. The maximum absolute atomic E-state index is 12.8. The molecule has 0 aliphatic carbocycles. The van der Waals surface area contributed by atoms with E-state index in [1.165, 1.54) is 0 Å². The first-order valence-electron chi connectivity index (χ1n) is 8.20. The van der Waals surface area contributed by atoms with Gasteiger partial charge in [-0.25, -0.2) is 13.1 Å². The number of nitrogens with one attached hydrogen (secondary N) is 1. The third-order valence-electron chi connectivity index (χ3n) is 4.58. The average Bonchev–Trinajstić information content (AvgIpc) is 2.56. The van der Waals surface area contributed by atoms with Gasteiger partial charge in [-0.3, -0.25) is 0 Å². The van der Waals surface area contributed by atoms with E-state index in [2.05, 4.69) is 4.72 Å². The van der Waals surface area contributed by atoms with E-state index in [1.54, 1.807) is 13.2 Å². The average molecular weight is 361 g/mol. The molecule has 0 bridgehead atoms. The molecule has 134 valence electrons. The fourth-order valence-electron chi connectivity index (χ4n) is 3.08. The monoisotopic (exact) mass is 361 g/mol. The van der Waals surface area contributed by atoms with Gasteiger partial charge in [-0.2, -0.15) is 0 Å². The van der Waals surface area contributed by atoms with Crippen LogP contribution in [0.3, 0.4) is 0 Å². The minimum atomic E-state index is -3.61. The number of ether oxygens (including phenoxy) is 2. The fourth-order valence-corrected chi connectivity index (χ4v) is 4.61. The van der Waals surface area contributed by atoms with Crippen molar-refractivity contribution < 1.29 is 17.9 Å². The zero-order chi connectivity index (χ0) is 18.2. The first-order chi connectivity index (χ1) is 11.8. The van der Waals surface area contributed by atoms with Gasteiger partial charge in [0.05, 0.1) is 18.0 Å². The number of sulfonamides is 1. The van der Waals surface area contributed by atoms with Gasteiger partial charge in [0.2, 0.25) is 10.0 Å². The molecule has 2 aromatic rings. The van der Waals surface area contributed by atoms with Crippen molar-refractivity contribution in [3.05, 3.63) is 52.6 Å². The molecule has 1 heterocycles. The van der Waals surface area contributed by atoms with Crippen molar-refractivity contribution in [2.45, 2.75) is 38.1 Å². The topological polar surface area (TPSA) is 64.6 Å². The zero-order valence-electron chi connectivity index (χ0n) is 14.9. The summed E-state index contributed by atoms with van der Waals surface area (Å²) in [4.78, 5) is 0.326. The Bertz CT molecular complexity index is 906. The Kier molecular flexibility index (Phi) is 4.75. The van der Waals surface area contributed by atoms with Crippen molar-refractivity contribution in [1.29, 1.82) is 0 Å². The minimum Gasteiger partial charge on any atom is -0.497 e. The van der Waals surface area contributed by atoms with E-state index in [4.69, 9.17) is 9.47 Å². The molecule has 0 fully saturated rings. The van der Waals surface area contributed by atoms with Crippen LogP contribution in [-0.4, -0.2) is 28.2 Å². The van der Waals surface area contributed by atoms with Crippen LogP contribution in [0.5, 0.6) is 11.5 Å². The van der Waals surface area contributed by atoms with Crippen molar-refractivity contribution in [2.75, 3.05) is 13.7 Å². The highest BCUT2D eigenvalue weighted by molar-refractivity contribution is 7.89. The summed E-state index contributed by atoms with van der Waals surface area (Å²) in [5, 5.41) is 0. The van der Waals surface area contributed by atoms with Gasteiger partial charge in [-0.1, -0.05) is 6.07 Å². The molecule has 1 aliphatic heterocycles. The van der Waals surface area contributed by atoms with Crippen LogP contribution in [0.1, 0.15) is 22.3 Å². The van der Waals surface area contributed by atoms with Gasteiger partial charge >= 0.3 is 0 Å². The van der Waals surface area contributed by atoms with Crippen molar-refractivity contribution in [3.63, 3.8) is 0 Å². The molecule has 1 aliphatic rings. The summed E-state index contributed by atoms with van der Waals surface area (Å²) in [6, 6.07) is 8.89. The highest BCUT2D eigenvalue weighted by Gasteiger charge is 2.27. The van der Waals surface area contributed by atoms with Gasteiger partial charge in [-0.15, -0.1) is 0 Å². The standard InChI is InChI=1S/C19H23NO4S/c1-12-7-14(3)19(8-13(12)2)25(21,22)20-16-9-15-10-17(23-4)5-6-18(15)24-11-16/h5-8,10,16,20H,9,11H2,1-4H3. The van der Waals surface area contributed by atoms with Crippen LogP contribution >= 0.6 is 0 Å². The number of benzene rings is 2. The third kappa shape index (κ3) is 3.65. The molecule has 0 saturated heterocycles. The summed E-state index contributed by atoms with van der Waals surface area (Å²) in [5.41, 5.74) is 3.73. The summed E-state index contributed by atoms with van der Waals surface area (Å²) in [6.07, 6.45) is 0.565. The summed E-state index contributed by atoms with van der Waals surface area (Å²) < 4.78 is 39.4. The summed E-state index contributed by atoms with van der Waals surface area (Å²) in [7, 11) is -2.00. The van der Waals surface area contributed by atoms with E-state index >= 15 is 0 Å². The zero-order valence-corrected chi connectivity index (χ0v) is 15.7. The third-order valence-corrected chi connectivity index (χ3v) is 6.24. The Hall–Kier alpha value is -2.05. The predicted molar refractivity (Wildman–Crippen MR) is 97.0 cm³/mol. The lowest BCUT2D eigenvalue weighted by Gasteiger charge is -2.26. The van der Waals surface area contributed by atoms with Crippen molar-refractivity contribution in [1.82, 2.24) is 4.72 Å². The molecule has 5 nitrogen and oxygen atoms in total. The second-order valence-electron chi connectivity index (χ2n) is 6.51. The maximum Gasteiger partial charge on any atom is 0.241 e. The highest BCUT2D eigenvalue weighted by atomic mass is 32.2. The molecular weight excluding hydrogens is 338 g/mol. The maximum atomic E-state index is 12.8. The predicted octanol–water partition coefficient (Wildman–Crippen LogP) is 2.90. The molecule has 0 saturated carbocycles. The first kappa shape index (κ1) is 17.8. The van der Waals surface area contributed by atoms with Gasteiger partial charge in [0.15, 0.2) is 0 Å². The summed E-state index contributed by atoms with van der Waals surface area (Å²) >= 11 is 0. The highest BCUT2D eigenvalue weighted by Crippen LogP contribution is 2.29. The Morgan fingerprint density at radius 1 is 1.08 bits per heavy atom. The smallest absolute Gasteiger partial charge is 0.241 e. The van der Waals surface area contributed by atoms with Gasteiger partial charge in [-0.05, 0) is 73.7 Å². The molecule has 0 aromatic heterocycles.